The smallest absolute Gasteiger partial charge is 0.252 e. The summed E-state index contributed by atoms with van der Waals surface area (Å²) >= 11 is 6.05. The van der Waals surface area contributed by atoms with Crippen LogP contribution in [0, 0.1) is 6.92 Å². The first kappa shape index (κ1) is 15.0. The van der Waals surface area contributed by atoms with Gasteiger partial charge in [0.1, 0.15) is 0 Å². The van der Waals surface area contributed by atoms with Crippen LogP contribution in [-0.2, 0) is 4.74 Å². The highest BCUT2D eigenvalue weighted by molar-refractivity contribution is 6.34. The van der Waals surface area contributed by atoms with Gasteiger partial charge >= 0.3 is 0 Å². The summed E-state index contributed by atoms with van der Waals surface area (Å²) in [7, 11) is 1.52. The number of halogens is 1. The fourth-order valence-electron chi connectivity index (χ4n) is 1.55. The number of hydrogen-bond acceptors (Lipinski definition) is 3. The first-order valence-electron chi connectivity index (χ1n) is 5.76. The van der Waals surface area contributed by atoms with Crippen LogP contribution in [0.15, 0.2) is 18.2 Å². The van der Waals surface area contributed by atoms with Gasteiger partial charge in [-0.15, -0.1) is 0 Å². The maximum Gasteiger partial charge on any atom is 0.252 e. The van der Waals surface area contributed by atoms with Crippen molar-refractivity contribution in [3.05, 3.63) is 34.3 Å². The number of ether oxygens (including phenoxy) is 1. The lowest BCUT2D eigenvalue weighted by Gasteiger charge is -2.11. The lowest BCUT2D eigenvalue weighted by atomic mass is 10.1. The van der Waals surface area contributed by atoms with Gasteiger partial charge in [-0.25, -0.2) is 0 Å². The van der Waals surface area contributed by atoms with Crippen LogP contribution in [0.3, 0.4) is 0 Å². The summed E-state index contributed by atoms with van der Waals surface area (Å²) < 4.78 is 4.80. The van der Waals surface area contributed by atoms with Crippen molar-refractivity contribution in [3.63, 3.8) is 0 Å². The van der Waals surface area contributed by atoms with E-state index in [-0.39, 0.29) is 12.5 Å². The normalized spacial score (nSPS) is 12.2. The number of methoxy groups -OCH3 is 1. The lowest BCUT2D eigenvalue weighted by molar-refractivity contribution is 0.0587. The van der Waals surface area contributed by atoms with Crippen molar-refractivity contribution in [2.24, 2.45) is 0 Å². The van der Waals surface area contributed by atoms with Gasteiger partial charge in [0.25, 0.3) is 5.91 Å². The summed E-state index contributed by atoms with van der Waals surface area (Å²) in [6.07, 6.45) is -0.119. The summed E-state index contributed by atoms with van der Waals surface area (Å²) in [5, 5.41) is 12.6. The Morgan fingerprint density at radius 2 is 2.28 bits per heavy atom. The molecule has 4 nitrogen and oxygen atoms in total. The van der Waals surface area contributed by atoms with Crippen molar-refractivity contribution >= 4 is 17.5 Å². The molecule has 0 saturated carbocycles. The molecule has 1 unspecified atom stereocenters. The predicted molar refractivity (Wildman–Crippen MR) is 71.0 cm³/mol. The minimum Gasteiger partial charge on any atom is -0.391 e. The molecule has 1 atom stereocenters. The summed E-state index contributed by atoms with van der Waals surface area (Å²) in [5.74, 6) is -0.228. The maximum absolute atomic E-state index is 11.8. The molecule has 1 aromatic rings. The molecule has 0 saturated heterocycles. The molecule has 2 N–H and O–H groups in total. The zero-order valence-electron chi connectivity index (χ0n) is 10.6. The molecule has 18 heavy (non-hydrogen) atoms. The number of aliphatic hydroxyl groups is 1. The van der Waals surface area contributed by atoms with Crippen LogP contribution in [0.25, 0.3) is 0 Å². The van der Waals surface area contributed by atoms with Gasteiger partial charge < -0.3 is 15.2 Å². The van der Waals surface area contributed by atoms with E-state index in [4.69, 9.17) is 16.3 Å². The summed E-state index contributed by atoms with van der Waals surface area (Å²) in [5.41, 5.74) is 1.32. The van der Waals surface area contributed by atoms with Gasteiger partial charge in [-0.2, -0.15) is 0 Å². The molecule has 1 amide bonds. The fourth-order valence-corrected chi connectivity index (χ4v) is 1.76. The van der Waals surface area contributed by atoms with Gasteiger partial charge in [-0.1, -0.05) is 23.7 Å². The van der Waals surface area contributed by atoms with E-state index < -0.39 is 6.10 Å². The Kier molecular flexibility index (Phi) is 6.12. The van der Waals surface area contributed by atoms with Crippen molar-refractivity contribution in [1.82, 2.24) is 5.32 Å². The van der Waals surface area contributed by atoms with E-state index in [1.165, 1.54) is 7.11 Å². The van der Waals surface area contributed by atoms with Gasteiger partial charge in [0.15, 0.2) is 0 Å². The van der Waals surface area contributed by atoms with Crippen LogP contribution in [0.5, 0.6) is 0 Å². The van der Waals surface area contributed by atoms with Crippen LogP contribution in [-0.4, -0.2) is 37.4 Å². The molecular weight excluding hydrogens is 254 g/mol. The predicted octanol–water partition coefficient (Wildman–Crippen LogP) is 1.78. The minimum atomic E-state index is -0.566. The quantitative estimate of drug-likeness (QED) is 0.829. The third-order valence-electron chi connectivity index (χ3n) is 2.56. The molecule has 5 heteroatoms. The fraction of sp³-hybridized carbons (Fsp3) is 0.462. The van der Waals surface area contributed by atoms with Gasteiger partial charge in [-0.3, -0.25) is 4.79 Å². The molecule has 0 aromatic heterocycles. The van der Waals surface area contributed by atoms with Gasteiger partial charge in [0.05, 0.1) is 23.3 Å². The van der Waals surface area contributed by atoms with Gasteiger partial charge in [0.2, 0.25) is 0 Å². The number of aliphatic hydroxyl groups excluding tert-OH is 1. The average molecular weight is 272 g/mol. The molecule has 1 rings (SSSR count). The van der Waals surface area contributed by atoms with E-state index in [0.717, 1.165) is 5.56 Å². The second-order valence-corrected chi connectivity index (χ2v) is 4.47. The van der Waals surface area contributed by atoms with E-state index >= 15 is 0 Å². The molecule has 0 radical (unpaired) electrons. The van der Waals surface area contributed by atoms with E-state index in [0.29, 0.717) is 23.6 Å². The molecule has 0 fully saturated rings. The van der Waals surface area contributed by atoms with E-state index in [2.05, 4.69) is 5.32 Å². The Hall–Kier alpha value is -1.10. The Labute approximate surface area is 112 Å². The topological polar surface area (TPSA) is 58.6 Å². The van der Waals surface area contributed by atoms with Crippen LogP contribution < -0.4 is 5.32 Å². The number of carbonyl (C=O) groups excluding carboxylic acids is 1. The van der Waals surface area contributed by atoms with Crippen molar-refractivity contribution in [1.29, 1.82) is 0 Å². The Morgan fingerprint density at radius 3 is 2.94 bits per heavy atom. The van der Waals surface area contributed by atoms with Crippen LogP contribution in [0.4, 0.5) is 0 Å². The molecule has 0 heterocycles. The molecule has 0 aliphatic rings. The monoisotopic (exact) mass is 271 g/mol. The van der Waals surface area contributed by atoms with Gasteiger partial charge in [-0.05, 0) is 25.0 Å². The Bertz CT molecular complexity index is 409. The van der Waals surface area contributed by atoms with Crippen molar-refractivity contribution in [3.8, 4) is 0 Å². The molecule has 0 aliphatic carbocycles. The minimum absolute atomic E-state index is 0.228. The molecule has 0 aliphatic heterocycles. The maximum atomic E-state index is 11.8. The SMILES string of the molecule is COCC(O)CCNC(=O)c1cccc(C)c1Cl. The van der Waals surface area contributed by atoms with E-state index in [9.17, 15) is 9.90 Å². The molecule has 0 spiro atoms. The number of carbonyl (C=O) groups is 1. The third-order valence-corrected chi connectivity index (χ3v) is 3.06. The van der Waals surface area contributed by atoms with Crippen LogP contribution in [0.2, 0.25) is 5.02 Å². The lowest BCUT2D eigenvalue weighted by Crippen LogP contribution is -2.28. The molecular formula is C13H18ClNO3. The highest BCUT2D eigenvalue weighted by Gasteiger charge is 2.11. The van der Waals surface area contributed by atoms with Crippen molar-refractivity contribution in [2.45, 2.75) is 19.4 Å². The second kappa shape index (κ2) is 7.36. The summed E-state index contributed by atoms with van der Waals surface area (Å²) in [6, 6.07) is 5.31. The third kappa shape index (κ3) is 4.29. The second-order valence-electron chi connectivity index (χ2n) is 4.09. The number of nitrogens with one attached hydrogen (secondary N) is 1. The number of hydrogen-bond donors (Lipinski definition) is 2. The first-order chi connectivity index (χ1) is 8.56. The number of benzene rings is 1. The van der Waals surface area contributed by atoms with Crippen molar-refractivity contribution in [2.75, 3.05) is 20.3 Å². The zero-order chi connectivity index (χ0) is 13.5. The molecule has 100 valence electrons. The average Bonchev–Trinajstić information content (AvgIpc) is 2.33. The Morgan fingerprint density at radius 1 is 1.56 bits per heavy atom. The first-order valence-corrected chi connectivity index (χ1v) is 6.14. The molecule has 1 aromatic carbocycles. The highest BCUT2D eigenvalue weighted by Crippen LogP contribution is 2.19. The van der Waals surface area contributed by atoms with E-state index in [1.54, 1.807) is 12.1 Å². The summed E-state index contributed by atoms with van der Waals surface area (Å²) in [6.45, 7) is 2.50. The number of rotatable bonds is 6. The number of amides is 1. The zero-order valence-corrected chi connectivity index (χ0v) is 11.3. The standard InChI is InChI=1S/C13H18ClNO3/c1-9-4-3-5-11(12(9)14)13(17)15-7-6-10(16)8-18-2/h3-5,10,16H,6-8H2,1-2H3,(H,15,17). The van der Waals surface area contributed by atoms with Crippen LogP contribution >= 0.6 is 11.6 Å². The van der Waals surface area contributed by atoms with Crippen LogP contribution in [0.1, 0.15) is 22.3 Å². The largest absolute Gasteiger partial charge is 0.391 e. The summed E-state index contributed by atoms with van der Waals surface area (Å²) in [4.78, 5) is 11.8. The molecule has 0 bridgehead atoms. The highest BCUT2D eigenvalue weighted by atomic mass is 35.5. The van der Waals surface area contributed by atoms with Crippen molar-refractivity contribution < 1.29 is 14.6 Å². The Balaban J connectivity index is 2.48. The van der Waals surface area contributed by atoms with Gasteiger partial charge in [0, 0.05) is 13.7 Å². The van der Waals surface area contributed by atoms with E-state index in [1.807, 2.05) is 13.0 Å². The number of aryl methyl sites for hydroxylation is 1.